The molecule has 4 aliphatic carbocycles. The molecule has 0 spiro atoms. The molecule has 3 aromatic heterocycles. The van der Waals surface area contributed by atoms with Gasteiger partial charge in [0.05, 0.1) is 47.9 Å². The van der Waals surface area contributed by atoms with Crippen LogP contribution in [0.15, 0.2) is 97.2 Å². The van der Waals surface area contributed by atoms with E-state index in [-0.39, 0.29) is 104 Å². The SMILES string of the molecule is CCC1C2CC3(C)CC(OCCOCCNC(=O)OC/C=C/c4ccc(C[C@@H]5O[C@H](C(=O)O)[C@@H](O)[C@H](O)[C@H]5O)c(NC(=O)CCNC(=O)CCCCCN5C(=O)C=CC5=O)c4)(C2)CC1(Cn1ncc(-c2ccc(N4CCc5cccc(C(=O)Nc6nc7ccccc7s6)c5C4)nc2C(=O)O)c1C)C3. The second kappa shape index (κ2) is 31.8. The molecule has 9 N–H and O–H groups in total. The maximum absolute atomic E-state index is 13.8. The highest BCUT2D eigenvalue weighted by atomic mass is 32.1. The Morgan fingerprint density at radius 2 is 1.63 bits per heavy atom. The molecule has 4 saturated carbocycles. The van der Waals surface area contributed by atoms with Crippen LogP contribution in [-0.4, -0.2) is 186 Å². The molecule has 1 saturated heterocycles. The van der Waals surface area contributed by atoms with Gasteiger partial charge in [0.1, 0.15) is 30.7 Å². The predicted octanol–water partition coefficient (Wildman–Crippen LogP) is 7.62. The number of aliphatic hydroxyl groups excluding tert-OH is 3. The number of ether oxygens (including phenoxy) is 4. The minimum atomic E-state index is -1.89. The number of unbranched alkanes of at least 4 members (excludes halogenated alkanes) is 2. The molecule has 10 atom stereocenters. The molecule has 5 unspecified atom stereocenters. The zero-order valence-electron chi connectivity index (χ0n) is 57.8. The number of carboxylic acid groups (broad SMARTS) is 2. The van der Waals surface area contributed by atoms with Crippen molar-refractivity contribution in [1.82, 2.24) is 35.3 Å². The van der Waals surface area contributed by atoms with Crippen molar-refractivity contribution < 1.29 is 82.8 Å². The first-order chi connectivity index (χ1) is 49.5. The van der Waals surface area contributed by atoms with Crippen LogP contribution in [0, 0.1) is 29.6 Å². The number of pyridine rings is 1. The maximum atomic E-state index is 13.8. The number of aliphatic hydroxyl groups is 3. The van der Waals surface area contributed by atoms with Crippen molar-refractivity contribution in [3.63, 3.8) is 0 Å². The average molecular weight is 1430 g/mol. The quantitative estimate of drug-likeness (QED) is 0.0149. The number of para-hydroxylation sites is 1. The summed E-state index contributed by atoms with van der Waals surface area (Å²) in [6.07, 6.45) is 6.23. The first-order valence-corrected chi connectivity index (χ1v) is 36.1. The summed E-state index contributed by atoms with van der Waals surface area (Å²) in [6.45, 7) is 9.42. The van der Waals surface area contributed by atoms with Gasteiger partial charge < -0.3 is 65.3 Å². The summed E-state index contributed by atoms with van der Waals surface area (Å²) in [6, 6.07) is 22.0. The largest absolute Gasteiger partial charge is 0.479 e. The van der Waals surface area contributed by atoms with Crippen LogP contribution in [0.2, 0.25) is 0 Å². The van der Waals surface area contributed by atoms with Crippen LogP contribution < -0.4 is 26.2 Å². The predicted molar refractivity (Wildman–Crippen MR) is 380 cm³/mol. The number of benzene rings is 3. The molecule has 546 valence electrons. The number of carboxylic acids is 2. The molecule has 27 nitrogen and oxygen atoms in total. The Balaban J connectivity index is 0.607. The Labute approximate surface area is 599 Å². The monoisotopic (exact) mass is 1430 g/mol. The third kappa shape index (κ3) is 16.7. The summed E-state index contributed by atoms with van der Waals surface area (Å²) < 4.78 is 26.9. The highest BCUT2D eigenvalue weighted by Gasteiger charge is 2.66. The molecular formula is C75H88N10O17S. The number of hydrogen-bond acceptors (Lipinski definition) is 20. The fourth-order valence-electron chi connectivity index (χ4n) is 16.9. The van der Waals surface area contributed by atoms with E-state index in [0.29, 0.717) is 109 Å². The van der Waals surface area contributed by atoms with Crippen LogP contribution in [0.1, 0.15) is 133 Å². The zero-order valence-corrected chi connectivity index (χ0v) is 58.7. The highest BCUT2D eigenvalue weighted by molar-refractivity contribution is 7.22. The van der Waals surface area contributed by atoms with Crippen molar-refractivity contribution in [1.29, 1.82) is 0 Å². The molecule has 4 bridgehead atoms. The van der Waals surface area contributed by atoms with Gasteiger partial charge in [0.25, 0.3) is 17.7 Å². The van der Waals surface area contributed by atoms with E-state index in [1.165, 1.54) is 23.5 Å². The molecule has 7 aliphatic rings. The van der Waals surface area contributed by atoms with Gasteiger partial charge in [-0.1, -0.05) is 80.5 Å². The van der Waals surface area contributed by atoms with Crippen LogP contribution in [0.4, 0.5) is 21.4 Å². The number of alkyl carbamates (subject to hydrolysis) is 1. The van der Waals surface area contributed by atoms with Gasteiger partial charge in [0, 0.05) is 98.8 Å². The molecule has 28 heteroatoms. The second-order valence-corrected chi connectivity index (χ2v) is 29.4. The van der Waals surface area contributed by atoms with Gasteiger partial charge in [-0.15, -0.1) is 0 Å². The van der Waals surface area contributed by atoms with Gasteiger partial charge in [0.2, 0.25) is 11.8 Å². The van der Waals surface area contributed by atoms with E-state index < -0.39 is 54.5 Å². The van der Waals surface area contributed by atoms with Crippen LogP contribution in [0.25, 0.3) is 27.4 Å². The zero-order chi connectivity index (χ0) is 72.7. The normalized spacial score (nSPS) is 24.8. The number of aromatic carboxylic acids is 1. The fraction of sp³-hybridized carbons (Fsp3) is 0.480. The number of thiazole rings is 1. The summed E-state index contributed by atoms with van der Waals surface area (Å²) in [5.41, 5.74) is 5.95. The molecule has 0 radical (unpaired) electrons. The van der Waals surface area contributed by atoms with Gasteiger partial charge in [-0.05, 0) is 146 Å². The van der Waals surface area contributed by atoms with Crippen molar-refractivity contribution in [2.75, 3.05) is 68.1 Å². The number of anilines is 3. The molecule has 5 fully saturated rings. The van der Waals surface area contributed by atoms with Crippen LogP contribution in [0.5, 0.6) is 0 Å². The number of amides is 6. The first-order valence-electron chi connectivity index (χ1n) is 35.3. The van der Waals surface area contributed by atoms with Gasteiger partial charge in [-0.25, -0.2) is 24.4 Å². The summed E-state index contributed by atoms with van der Waals surface area (Å²) in [7, 11) is 0. The molecule has 6 heterocycles. The Kier molecular flexibility index (Phi) is 22.6. The lowest BCUT2D eigenvalue weighted by Gasteiger charge is -2.69. The number of carbonyl (C=O) groups excluding carboxylic acids is 6. The van der Waals surface area contributed by atoms with Gasteiger partial charge >= 0.3 is 18.0 Å². The lowest BCUT2D eigenvalue weighted by molar-refractivity contribution is -0.251. The number of nitrogens with zero attached hydrogens (tertiary/aromatic N) is 6. The molecule has 3 aromatic carbocycles. The Morgan fingerprint density at radius 1 is 0.816 bits per heavy atom. The summed E-state index contributed by atoms with van der Waals surface area (Å²) >= 11 is 1.41. The van der Waals surface area contributed by atoms with E-state index in [2.05, 4.69) is 44.8 Å². The van der Waals surface area contributed by atoms with E-state index in [9.17, 15) is 63.9 Å². The van der Waals surface area contributed by atoms with Gasteiger partial charge in [0.15, 0.2) is 16.9 Å². The van der Waals surface area contributed by atoms with Crippen molar-refractivity contribution in [2.45, 2.75) is 153 Å². The van der Waals surface area contributed by atoms with E-state index in [1.54, 1.807) is 36.5 Å². The third-order valence-corrected chi connectivity index (χ3v) is 22.1. The number of hydrogen-bond donors (Lipinski definition) is 9. The average Bonchev–Trinajstić information content (AvgIpc) is 1.25. The lowest BCUT2D eigenvalue weighted by atomic mass is 9.39. The molecule has 3 aliphatic heterocycles. The third-order valence-electron chi connectivity index (χ3n) is 21.1. The smallest absolute Gasteiger partial charge is 0.407 e. The topological polar surface area (TPSA) is 373 Å². The van der Waals surface area contributed by atoms with E-state index in [1.807, 2.05) is 66.4 Å². The minimum Gasteiger partial charge on any atom is -0.479 e. The summed E-state index contributed by atoms with van der Waals surface area (Å²) in [5, 5.41) is 68.7. The van der Waals surface area contributed by atoms with Gasteiger partial charge in [-0.2, -0.15) is 5.10 Å². The number of carbonyl (C=O) groups is 8. The Bertz CT molecular complexity index is 4220. The van der Waals surface area contributed by atoms with Gasteiger partial charge in [-0.3, -0.25) is 38.9 Å². The fourth-order valence-corrected chi connectivity index (χ4v) is 17.8. The molecule has 103 heavy (non-hydrogen) atoms. The number of aliphatic carboxylic acids is 1. The molecule has 6 amide bonds. The molecule has 6 aromatic rings. The number of rotatable bonds is 31. The van der Waals surface area contributed by atoms with Crippen LogP contribution >= 0.6 is 11.3 Å². The molecule has 13 rings (SSSR count). The Hall–Kier alpha value is -9.29. The van der Waals surface area contributed by atoms with Crippen LogP contribution in [0.3, 0.4) is 0 Å². The number of aromatic nitrogens is 4. The van der Waals surface area contributed by atoms with E-state index in [0.717, 1.165) is 70.5 Å². The summed E-state index contributed by atoms with van der Waals surface area (Å²) in [4.78, 5) is 114. The maximum Gasteiger partial charge on any atom is 0.407 e. The van der Waals surface area contributed by atoms with Crippen molar-refractivity contribution in [2.24, 2.45) is 22.7 Å². The number of nitrogens with one attached hydrogen (secondary N) is 4. The van der Waals surface area contributed by atoms with E-state index >= 15 is 0 Å². The Morgan fingerprint density at radius 3 is 2.42 bits per heavy atom. The summed E-state index contributed by atoms with van der Waals surface area (Å²) in [5.74, 6) is -3.07. The first kappa shape index (κ1) is 73.5. The van der Waals surface area contributed by atoms with Crippen molar-refractivity contribution in [3.05, 3.63) is 136 Å². The second-order valence-electron chi connectivity index (χ2n) is 28.3. The van der Waals surface area contributed by atoms with Crippen molar-refractivity contribution in [3.8, 4) is 11.1 Å². The highest BCUT2D eigenvalue weighted by Crippen LogP contribution is 2.70. The molecular weight excluding hydrogens is 1340 g/mol. The number of fused-ring (bicyclic) bond motifs is 2. The standard InChI is InChI=1S/C75H88N10O17S/c1-4-53-48-36-73(3)40-74(53,43-85-44(2)51(38-78-85)49-20-21-58(81-63(49)69(94)95)83-29-25-46-13-10-14-50(52(46)39-83)68(93)82-71-80-54-15-7-8-16-57(54)103-71)42-75(37-48,41-73)101-33-32-99-31-27-77-72(98)100-30-11-12-45-18-19-47(35-56-64(90)65(91)66(92)67(102-56)70(96)97)55(34-45)79-60(87)24-26-76-59(86)17-6-5-9-28-84-61(88)22-23-62(84)89/h7-8,10-16,18-23,34,38,48,53,56,64-67,90-92H,4-6,9,17,24-33,35-37,39-43H2,1-3H3,(H,76,86)(H,77,98)(H,79,87)(H,94,95)(H,96,97)(H,80,82,93)/b12-11+/t48?,53?,56-,64-,65+,66-,67-,73?,74?,75?/m0/s1. The van der Waals surface area contributed by atoms with Crippen molar-refractivity contribution >= 4 is 91.8 Å². The van der Waals surface area contributed by atoms with Crippen LogP contribution in [-0.2, 0) is 68.9 Å². The van der Waals surface area contributed by atoms with E-state index in [4.69, 9.17) is 29.0 Å². The number of imide groups is 1. The minimum absolute atomic E-state index is 0.00517. The lowest BCUT2D eigenvalue weighted by Crippen LogP contribution is -2.65.